The Morgan fingerprint density at radius 3 is 2.62 bits per heavy atom. The Morgan fingerprint density at radius 1 is 1.15 bits per heavy atom. The van der Waals surface area contributed by atoms with Gasteiger partial charge in [0, 0.05) is 31.7 Å². The van der Waals surface area contributed by atoms with Gasteiger partial charge in [-0.1, -0.05) is 6.92 Å². The van der Waals surface area contributed by atoms with Crippen molar-refractivity contribution in [1.82, 2.24) is 24.2 Å². The molecule has 0 radical (unpaired) electrons. The molecule has 4 heterocycles. The summed E-state index contributed by atoms with van der Waals surface area (Å²) in [6.07, 6.45) is 5.90. The van der Waals surface area contributed by atoms with Crippen LogP contribution in [0.2, 0.25) is 0 Å². The molecule has 3 aromatic rings. The second-order valence-corrected chi connectivity index (χ2v) is 8.75. The summed E-state index contributed by atoms with van der Waals surface area (Å²) in [7, 11) is -3.54. The molecule has 0 aliphatic carbocycles. The lowest BCUT2D eigenvalue weighted by atomic mass is 9.75. The normalized spacial score (nSPS) is 18.2. The Bertz CT molecular complexity index is 1100. The molecule has 8 nitrogen and oxygen atoms in total. The number of fused-ring (bicyclic) bond motifs is 1. The van der Waals surface area contributed by atoms with Crippen molar-refractivity contribution in [3.63, 3.8) is 0 Å². The summed E-state index contributed by atoms with van der Waals surface area (Å²) in [6.45, 7) is 2.92. The SMILES string of the molecule is CC1(c2ccnc3[nH]c(=O)[nH]c23)CCN(S(=O)(=O)c2cccnc2)CC1. The predicted molar refractivity (Wildman–Crippen MR) is 96.3 cm³/mol. The van der Waals surface area contributed by atoms with Gasteiger partial charge in [-0.3, -0.25) is 9.97 Å². The zero-order valence-corrected chi connectivity index (χ0v) is 15.1. The molecule has 4 rings (SSSR count). The van der Waals surface area contributed by atoms with Crippen LogP contribution in [-0.2, 0) is 15.4 Å². The average molecular weight is 373 g/mol. The summed E-state index contributed by atoms with van der Waals surface area (Å²) < 4.78 is 27.1. The number of H-pyrrole nitrogens is 2. The third-order valence-corrected chi connectivity index (χ3v) is 7.05. The van der Waals surface area contributed by atoms with Crippen molar-refractivity contribution in [3.05, 3.63) is 52.8 Å². The van der Waals surface area contributed by atoms with E-state index in [2.05, 4.69) is 26.9 Å². The molecule has 0 aromatic carbocycles. The number of hydrogen-bond acceptors (Lipinski definition) is 5. The van der Waals surface area contributed by atoms with Crippen molar-refractivity contribution in [2.75, 3.05) is 13.1 Å². The number of pyridine rings is 2. The highest BCUT2D eigenvalue weighted by Gasteiger charge is 2.37. The minimum atomic E-state index is -3.54. The maximum atomic E-state index is 12.8. The Balaban J connectivity index is 1.62. The van der Waals surface area contributed by atoms with Crippen molar-refractivity contribution in [2.45, 2.75) is 30.1 Å². The second kappa shape index (κ2) is 6.03. The Labute approximate surface area is 150 Å². The van der Waals surface area contributed by atoms with Crippen LogP contribution in [0, 0.1) is 0 Å². The van der Waals surface area contributed by atoms with Gasteiger partial charge in [-0.15, -0.1) is 0 Å². The first-order valence-corrected chi connectivity index (χ1v) is 9.82. The van der Waals surface area contributed by atoms with Gasteiger partial charge in [-0.05, 0) is 42.0 Å². The van der Waals surface area contributed by atoms with E-state index in [9.17, 15) is 13.2 Å². The van der Waals surface area contributed by atoms with Crippen LogP contribution in [-0.4, -0.2) is 45.7 Å². The molecule has 0 bridgehead atoms. The lowest BCUT2D eigenvalue weighted by Gasteiger charge is -2.39. The molecule has 2 N–H and O–H groups in total. The minimum absolute atomic E-state index is 0.213. The molecule has 3 aromatic heterocycles. The smallest absolute Gasteiger partial charge is 0.304 e. The van der Waals surface area contributed by atoms with Crippen molar-refractivity contribution in [3.8, 4) is 0 Å². The van der Waals surface area contributed by atoms with Gasteiger partial charge in [0.1, 0.15) is 4.90 Å². The molecular weight excluding hydrogens is 354 g/mol. The third-order valence-electron chi connectivity index (χ3n) is 5.17. The first-order valence-electron chi connectivity index (χ1n) is 8.38. The molecule has 9 heteroatoms. The number of rotatable bonds is 3. The summed E-state index contributed by atoms with van der Waals surface area (Å²) in [5, 5.41) is 0. The van der Waals surface area contributed by atoms with Gasteiger partial charge in [0.05, 0.1) is 5.52 Å². The largest absolute Gasteiger partial charge is 0.325 e. The van der Waals surface area contributed by atoms with Gasteiger partial charge < -0.3 is 4.98 Å². The van der Waals surface area contributed by atoms with Crippen molar-refractivity contribution >= 4 is 21.2 Å². The Hall–Kier alpha value is -2.52. The standard InChI is InChI=1S/C17H19N5O3S/c1-17(13-4-8-19-15-14(13)20-16(23)21-15)5-9-22(10-6-17)26(24,25)12-3-2-7-18-11-12/h2-4,7-8,11H,5-6,9-10H2,1H3,(H2,19,20,21,23). The monoisotopic (exact) mass is 373 g/mol. The van der Waals surface area contributed by atoms with Crippen LogP contribution in [0.4, 0.5) is 0 Å². The van der Waals surface area contributed by atoms with Crippen LogP contribution in [0.5, 0.6) is 0 Å². The highest BCUT2D eigenvalue weighted by Crippen LogP contribution is 2.38. The fourth-order valence-corrected chi connectivity index (χ4v) is 4.98. The van der Waals surface area contributed by atoms with E-state index in [0.717, 1.165) is 5.56 Å². The molecule has 26 heavy (non-hydrogen) atoms. The maximum Gasteiger partial charge on any atom is 0.325 e. The quantitative estimate of drug-likeness (QED) is 0.720. The first-order chi connectivity index (χ1) is 12.4. The molecular formula is C17H19N5O3S. The molecule has 0 saturated carbocycles. The first kappa shape index (κ1) is 16.9. The number of imidazole rings is 1. The zero-order chi connectivity index (χ0) is 18.4. The van der Waals surface area contributed by atoms with E-state index in [-0.39, 0.29) is 16.0 Å². The molecule has 0 unspecified atom stereocenters. The Kier molecular flexibility index (Phi) is 3.92. The molecule has 1 saturated heterocycles. The van der Waals surface area contributed by atoms with E-state index in [1.54, 1.807) is 24.5 Å². The van der Waals surface area contributed by atoms with E-state index in [1.165, 1.54) is 10.5 Å². The van der Waals surface area contributed by atoms with Gasteiger partial charge >= 0.3 is 5.69 Å². The summed E-state index contributed by atoms with van der Waals surface area (Å²) >= 11 is 0. The lowest BCUT2D eigenvalue weighted by Crippen LogP contribution is -2.44. The number of sulfonamides is 1. The van der Waals surface area contributed by atoms with Gasteiger partial charge in [0.25, 0.3) is 0 Å². The number of aromatic amines is 2. The van der Waals surface area contributed by atoms with Gasteiger partial charge in [-0.2, -0.15) is 4.31 Å². The number of nitrogens with zero attached hydrogens (tertiary/aromatic N) is 3. The number of nitrogens with one attached hydrogen (secondary N) is 2. The molecule has 1 fully saturated rings. The molecule has 0 amide bonds. The highest BCUT2D eigenvalue weighted by atomic mass is 32.2. The lowest BCUT2D eigenvalue weighted by molar-refractivity contribution is 0.250. The molecule has 0 spiro atoms. The second-order valence-electron chi connectivity index (χ2n) is 6.81. The fraction of sp³-hybridized carbons (Fsp3) is 0.353. The third kappa shape index (κ3) is 2.73. The molecule has 1 aliphatic heterocycles. The van der Waals surface area contributed by atoms with E-state index >= 15 is 0 Å². The average Bonchev–Trinajstić information content (AvgIpc) is 3.03. The minimum Gasteiger partial charge on any atom is -0.304 e. The predicted octanol–water partition coefficient (Wildman–Crippen LogP) is 1.39. The number of aromatic nitrogens is 4. The highest BCUT2D eigenvalue weighted by molar-refractivity contribution is 7.89. The topological polar surface area (TPSA) is 112 Å². The molecule has 1 aliphatic rings. The van der Waals surface area contributed by atoms with Crippen LogP contribution in [0.3, 0.4) is 0 Å². The van der Waals surface area contributed by atoms with Gasteiger partial charge in [-0.25, -0.2) is 18.2 Å². The molecule has 136 valence electrons. The summed E-state index contributed by atoms with van der Waals surface area (Å²) in [4.78, 5) is 25.4. The van der Waals surface area contributed by atoms with E-state index < -0.39 is 10.0 Å². The number of piperidine rings is 1. The summed E-state index contributed by atoms with van der Waals surface area (Å²) in [5.74, 6) is 0. The van der Waals surface area contributed by atoms with Crippen LogP contribution >= 0.6 is 0 Å². The van der Waals surface area contributed by atoms with Crippen LogP contribution in [0.25, 0.3) is 11.2 Å². The van der Waals surface area contributed by atoms with E-state index in [4.69, 9.17) is 0 Å². The van der Waals surface area contributed by atoms with Crippen molar-refractivity contribution in [1.29, 1.82) is 0 Å². The van der Waals surface area contributed by atoms with Gasteiger partial charge in [0.2, 0.25) is 10.0 Å². The van der Waals surface area contributed by atoms with Crippen LogP contribution < -0.4 is 5.69 Å². The van der Waals surface area contributed by atoms with Crippen LogP contribution in [0.1, 0.15) is 25.3 Å². The fourth-order valence-electron chi connectivity index (χ4n) is 3.58. The van der Waals surface area contributed by atoms with Gasteiger partial charge in [0.15, 0.2) is 5.65 Å². The van der Waals surface area contributed by atoms with Crippen molar-refractivity contribution < 1.29 is 8.42 Å². The number of hydrogen-bond donors (Lipinski definition) is 2. The van der Waals surface area contributed by atoms with Crippen molar-refractivity contribution in [2.24, 2.45) is 0 Å². The van der Waals surface area contributed by atoms with E-state index in [1.807, 2.05) is 6.07 Å². The summed E-state index contributed by atoms with van der Waals surface area (Å²) in [5.41, 5.74) is 1.68. The molecule has 0 atom stereocenters. The zero-order valence-electron chi connectivity index (χ0n) is 14.3. The summed E-state index contributed by atoms with van der Waals surface area (Å²) in [6, 6.07) is 5.08. The van der Waals surface area contributed by atoms with E-state index in [0.29, 0.717) is 37.1 Å². The van der Waals surface area contributed by atoms with Crippen LogP contribution in [0.15, 0.2) is 46.5 Å². The Morgan fingerprint density at radius 2 is 1.92 bits per heavy atom. The maximum absolute atomic E-state index is 12.8.